The fourth-order valence-corrected chi connectivity index (χ4v) is 1.16. The van der Waals surface area contributed by atoms with Crippen LogP contribution in [0, 0.1) is 11.8 Å². The van der Waals surface area contributed by atoms with Crippen LogP contribution < -0.4 is 0 Å². The van der Waals surface area contributed by atoms with Crippen LogP contribution >= 0.6 is 0 Å². The lowest BCUT2D eigenvalue weighted by molar-refractivity contribution is 0.139. The van der Waals surface area contributed by atoms with E-state index in [1.54, 1.807) is 6.08 Å². The van der Waals surface area contributed by atoms with E-state index in [1.807, 2.05) is 33.8 Å². The molecule has 0 aromatic carbocycles. The van der Waals surface area contributed by atoms with E-state index in [-0.39, 0.29) is 5.92 Å². The fourth-order valence-electron chi connectivity index (χ4n) is 1.16. The van der Waals surface area contributed by atoms with Crippen LogP contribution in [-0.2, 0) is 0 Å². The van der Waals surface area contributed by atoms with E-state index >= 15 is 0 Å². The van der Waals surface area contributed by atoms with Crippen molar-refractivity contribution in [1.82, 2.24) is 4.90 Å². The minimum atomic E-state index is -0.861. The molecule has 0 rings (SSSR count). The largest absolute Gasteiger partial charge is 0.465 e. The minimum absolute atomic E-state index is 0.195. The van der Waals surface area contributed by atoms with Gasteiger partial charge in [-0.15, -0.1) is 13.2 Å². The average Bonchev–Trinajstić information content (AvgIpc) is 2.35. The first kappa shape index (κ1) is 18.1. The lowest BCUT2D eigenvalue weighted by atomic mass is 10.1. The van der Waals surface area contributed by atoms with Crippen LogP contribution in [-0.4, -0.2) is 29.2 Å². The molecule has 1 amide bonds. The molecule has 2 atom stereocenters. The zero-order chi connectivity index (χ0) is 13.8. The molecule has 0 saturated heterocycles. The van der Waals surface area contributed by atoms with Crippen LogP contribution in [0.5, 0.6) is 0 Å². The predicted octanol–water partition coefficient (Wildman–Crippen LogP) is 4.03. The number of nitrogens with zero attached hydrogens (tertiary/aromatic N) is 1. The molecule has 0 radical (unpaired) electrons. The molecule has 0 heterocycles. The van der Waals surface area contributed by atoms with Gasteiger partial charge in [0.15, 0.2) is 0 Å². The number of allylic oxidation sites excluding steroid dienone is 1. The van der Waals surface area contributed by atoms with Crippen molar-refractivity contribution < 1.29 is 9.90 Å². The van der Waals surface area contributed by atoms with E-state index in [9.17, 15) is 4.79 Å². The van der Waals surface area contributed by atoms with Gasteiger partial charge >= 0.3 is 6.09 Å². The molecule has 0 aliphatic heterocycles. The quantitative estimate of drug-likeness (QED) is 0.684. The first-order valence-corrected chi connectivity index (χ1v) is 6.24. The van der Waals surface area contributed by atoms with Crippen LogP contribution in [0.1, 0.15) is 34.1 Å². The van der Waals surface area contributed by atoms with Crippen LogP contribution in [0.2, 0.25) is 0 Å². The molecule has 3 nitrogen and oxygen atoms in total. The van der Waals surface area contributed by atoms with E-state index in [2.05, 4.69) is 13.2 Å². The summed E-state index contributed by atoms with van der Waals surface area (Å²) in [6, 6.07) is 0. The van der Waals surface area contributed by atoms with Crippen LogP contribution in [0.25, 0.3) is 0 Å². The van der Waals surface area contributed by atoms with Gasteiger partial charge in [0.1, 0.15) is 0 Å². The predicted molar refractivity (Wildman–Crippen MR) is 74.3 cm³/mol. The number of amides is 1. The number of carbonyl (C=O) groups is 1. The molecule has 0 aliphatic carbocycles. The molecule has 0 aromatic heterocycles. The maximum atomic E-state index is 10.9. The topological polar surface area (TPSA) is 40.5 Å². The Bertz CT molecular complexity index is 226. The van der Waals surface area contributed by atoms with Gasteiger partial charge in [0, 0.05) is 13.1 Å². The van der Waals surface area contributed by atoms with Crippen molar-refractivity contribution >= 4 is 6.09 Å². The standard InChI is InChI=1S/C12H21NO2.C2H6/c1-5-10(3)7-8-13(12(14)15)9-11(4)6-2;1-2/h5-6,10-11H,1-2,7-9H2,3-4H3,(H,14,15);1-2H3. The molecule has 0 aliphatic rings. The summed E-state index contributed by atoms with van der Waals surface area (Å²) in [4.78, 5) is 12.4. The summed E-state index contributed by atoms with van der Waals surface area (Å²) < 4.78 is 0. The monoisotopic (exact) mass is 241 g/mol. The lowest BCUT2D eigenvalue weighted by Crippen LogP contribution is -2.34. The van der Waals surface area contributed by atoms with Gasteiger partial charge in [-0.05, 0) is 18.3 Å². The van der Waals surface area contributed by atoms with Crippen molar-refractivity contribution in [3.63, 3.8) is 0 Å². The smallest absolute Gasteiger partial charge is 0.407 e. The summed E-state index contributed by atoms with van der Waals surface area (Å²) >= 11 is 0. The van der Waals surface area contributed by atoms with Crippen molar-refractivity contribution in [2.75, 3.05) is 13.1 Å². The Balaban J connectivity index is 0. The lowest BCUT2D eigenvalue weighted by Gasteiger charge is -2.22. The summed E-state index contributed by atoms with van der Waals surface area (Å²) in [5.41, 5.74) is 0. The number of hydrogen-bond donors (Lipinski definition) is 1. The summed E-state index contributed by atoms with van der Waals surface area (Å²) in [5, 5.41) is 8.97. The number of hydrogen-bond acceptors (Lipinski definition) is 1. The highest BCUT2D eigenvalue weighted by atomic mass is 16.4. The third-order valence-electron chi connectivity index (χ3n) is 2.44. The Hall–Kier alpha value is -1.25. The maximum Gasteiger partial charge on any atom is 0.407 e. The third-order valence-corrected chi connectivity index (χ3v) is 2.44. The molecule has 0 bridgehead atoms. The molecule has 17 heavy (non-hydrogen) atoms. The van der Waals surface area contributed by atoms with E-state index in [4.69, 9.17) is 5.11 Å². The Morgan fingerprint density at radius 2 is 1.71 bits per heavy atom. The Kier molecular flexibility index (Phi) is 12.0. The number of carboxylic acid groups (broad SMARTS) is 1. The molecule has 0 fully saturated rings. The van der Waals surface area contributed by atoms with E-state index < -0.39 is 6.09 Å². The fraction of sp³-hybridized carbons (Fsp3) is 0.643. The molecule has 0 aromatic rings. The maximum absolute atomic E-state index is 10.9. The zero-order valence-corrected chi connectivity index (χ0v) is 11.6. The number of rotatable bonds is 7. The Morgan fingerprint density at radius 1 is 1.24 bits per heavy atom. The van der Waals surface area contributed by atoms with Gasteiger partial charge in [0.25, 0.3) is 0 Å². The molecule has 0 spiro atoms. The van der Waals surface area contributed by atoms with E-state index in [1.165, 1.54) is 4.90 Å². The second kappa shape index (κ2) is 11.2. The van der Waals surface area contributed by atoms with Gasteiger partial charge in [0.05, 0.1) is 0 Å². The van der Waals surface area contributed by atoms with Crippen LogP contribution in [0.3, 0.4) is 0 Å². The van der Waals surface area contributed by atoms with E-state index in [0.29, 0.717) is 19.0 Å². The highest BCUT2D eigenvalue weighted by Crippen LogP contribution is 2.07. The first-order chi connectivity index (χ1) is 8.01. The molecule has 3 heteroatoms. The SMILES string of the molecule is C=CC(C)CCN(CC(C)C=C)C(=O)O.CC. The first-order valence-electron chi connectivity index (χ1n) is 6.24. The van der Waals surface area contributed by atoms with Gasteiger partial charge in [-0.1, -0.05) is 39.8 Å². The average molecular weight is 241 g/mol. The van der Waals surface area contributed by atoms with Crippen molar-refractivity contribution in [1.29, 1.82) is 0 Å². The summed E-state index contributed by atoms with van der Waals surface area (Å²) in [6.45, 7) is 16.4. The van der Waals surface area contributed by atoms with Gasteiger partial charge < -0.3 is 10.0 Å². The molecule has 0 saturated carbocycles. The molecule has 1 N–H and O–H groups in total. The van der Waals surface area contributed by atoms with Crippen molar-refractivity contribution in [2.45, 2.75) is 34.1 Å². The minimum Gasteiger partial charge on any atom is -0.465 e. The van der Waals surface area contributed by atoms with Crippen LogP contribution in [0.4, 0.5) is 4.79 Å². The third kappa shape index (κ3) is 9.67. The van der Waals surface area contributed by atoms with Crippen LogP contribution in [0.15, 0.2) is 25.3 Å². The van der Waals surface area contributed by atoms with Crippen molar-refractivity contribution in [3.8, 4) is 0 Å². The van der Waals surface area contributed by atoms with E-state index in [0.717, 1.165) is 6.42 Å². The summed E-state index contributed by atoms with van der Waals surface area (Å²) in [6.07, 6.45) is 3.57. The van der Waals surface area contributed by atoms with Crippen molar-refractivity contribution in [2.24, 2.45) is 11.8 Å². The Labute approximate surface area is 106 Å². The second-order valence-electron chi connectivity index (χ2n) is 3.94. The zero-order valence-electron chi connectivity index (χ0n) is 11.6. The normalized spacial score (nSPS) is 12.7. The van der Waals surface area contributed by atoms with Crippen molar-refractivity contribution in [3.05, 3.63) is 25.3 Å². The van der Waals surface area contributed by atoms with Gasteiger partial charge in [0.2, 0.25) is 0 Å². The van der Waals surface area contributed by atoms with Gasteiger partial charge in [-0.2, -0.15) is 0 Å². The highest BCUT2D eigenvalue weighted by Gasteiger charge is 2.14. The molecular weight excluding hydrogens is 214 g/mol. The molecule has 100 valence electrons. The molecular formula is C14H27NO2. The second-order valence-corrected chi connectivity index (χ2v) is 3.94. The highest BCUT2D eigenvalue weighted by molar-refractivity contribution is 5.64. The van der Waals surface area contributed by atoms with Gasteiger partial charge in [-0.3, -0.25) is 0 Å². The van der Waals surface area contributed by atoms with Gasteiger partial charge in [-0.25, -0.2) is 4.79 Å². The summed E-state index contributed by atoms with van der Waals surface area (Å²) in [7, 11) is 0. The summed E-state index contributed by atoms with van der Waals surface area (Å²) in [5.74, 6) is 0.547. The molecule has 2 unspecified atom stereocenters. The Morgan fingerprint density at radius 3 is 2.06 bits per heavy atom.